The Morgan fingerprint density at radius 2 is 1.37 bits per heavy atom. The van der Waals surface area contributed by atoms with Crippen LogP contribution in [0.4, 0.5) is 0 Å². The number of hydrogen-bond donors (Lipinski definition) is 0. The molecule has 35 heavy (non-hydrogen) atoms. The van der Waals surface area contributed by atoms with Gasteiger partial charge in [-0.15, -0.1) is 0 Å². The third-order valence-corrected chi connectivity index (χ3v) is 8.08. The van der Waals surface area contributed by atoms with E-state index >= 15 is 0 Å². The fourth-order valence-corrected chi connectivity index (χ4v) is 5.64. The van der Waals surface area contributed by atoms with Gasteiger partial charge in [0.1, 0.15) is 17.1 Å². The molecule has 3 nitrogen and oxygen atoms in total. The highest BCUT2D eigenvalue weighted by Gasteiger charge is 2.45. The monoisotopic (exact) mass is 478 g/mol. The number of carbonyl (C=O) groups excluding carboxylic acids is 1. The predicted octanol–water partition coefficient (Wildman–Crippen LogP) is 8.73. The average Bonchev–Trinajstić information content (AvgIpc) is 2.78. The molecule has 1 aliphatic rings. The van der Waals surface area contributed by atoms with E-state index in [1.54, 1.807) is 0 Å². The average molecular weight is 479 g/mol. The molecule has 3 rings (SSSR count). The molecule has 0 N–H and O–H groups in total. The van der Waals surface area contributed by atoms with Gasteiger partial charge in [-0.2, -0.15) is 0 Å². The summed E-state index contributed by atoms with van der Waals surface area (Å²) in [5, 5.41) is 0. The highest BCUT2D eigenvalue weighted by atomic mass is 16.5. The Labute approximate surface area is 213 Å². The summed E-state index contributed by atoms with van der Waals surface area (Å²) >= 11 is 0. The van der Waals surface area contributed by atoms with Gasteiger partial charge in [-0.05, 0) is 107 Å². The SMILES string of the molecule is CCC(C)(C)Oc1ccc(C2(c3ccc(OC(=O)C(C)(C)CC)cc3)CC(C)CC(C)(C)C2)cc1. The molecule has 0 spiro atoms. The molecule has 0 radical (unpaired) electrons. The molecule has 3 heteroatoms. The van der Waals surface area contributed by atoms with E-state index in [-0.39, 0.29) is 22.4 Å². The molecule has 2 aromatic rings. The Balaban J connectivity index is 1.97. The lowest BCUT2D eigenvalue weighted by molar-refractivity contribution is -0.144. The van der Waals surface area contributed by atoms with E-state index in [4.69, 9.17) is 9.47 Å². The third-order valence-electron chi connectivity index (χ3n) is 8.08. The van der Waals surface area contributed by atoms with Crippen molar-refractivity contribution in [3.05, 3.63) is 59.7 Å². The second kappa shape index (κ2) is 9.99. The largest absolute Gasteiger partial charge is 0.488 e. The van der Waals surface area contributed by atoms with Gasteiger partial charge in [0.15, 0.2) is 0 Å². The normalized spacial score (nSPS) is 22.5. The maximum Gasteiger partial charge on any atom is 0.316 e. The maximum absolute atomic E-state index is 12.6. The Kier molecular flexibility index (Phi) is 7.79. The lowest BCUT2D eigenvalue weighted by atomic mass is 9.55. The van der Waals surface area contributed by atoms with Gasteiger partial charge in [0.25, 0.3) is 0 Å². The number of carbonyl (C=O) groups is 1. The fourth-order valence-electron chi connectivity index (χ4n) is 5.64. The van der Waals surface area contributed by atoms with Crippen molar-refractivity contribution in [2.45, 2.75) is 105 Å². The summed E-state index contributed by atoms with van der Waals surface area (Å²) in [4.78, 5) is 12.6. The van der Waals surface area contributed by atoms with Crippen LogP contribution in [0.15, 0.2) is 48.5 Å². The first-order valence-electron chi connectivity index (χ1n) is 13.3. The van der Waals surface area contributed by atoms with Gasteiger partial charge in [0, 0.05) is 5.41 Å². The quantitative estimate of drug-likeness (QED) is 0.281. The summed E-state index contributed by atoms with van der Waals surface area (Å²) in [7, 11) is 0. The van der Waals surface area contributed by atoms with Gasteiger partial charge < -0.3 is 9.47 Å². The van der Waals surface area contributed by atoms with Crippen LogP contribution in [0.5, 0.6) is 11.5 Å². The van der Waals surface area contributed by atoms with Gasteiger partial charge in [-0.3, -0.25) is 4.79 Å². The Bertz CT molecular complexity index is 998. The Morgan fingerprint density at radius 3 is 1.83 bits per heavy atom. The summed E-state index contributed by atoms with van der Waals surface area (Å²) in [5.74, 6) is 1.96. The molecule has 2 aromatic carbocycles. The van der Waals surface area contributed by atoms with Crippen molar-refractivity contribution in [1.29, 1.82) is 0 Å². The van der Waals surface area contributed by atoms with Crippen molar-refractivity contribution in [1.82, 2.24) is 0 Å². The van der Waals surface area contributed by atoms with Crippen LogP contribution >= 0.6 is 0 Å². The first-order valence-corrected chi connectivity index (χ1v) is 13.3. The number of benzene rings is 2. The van der Waals surface area contributed by atoms with E-state index in [2.05, 4.69) is 77.9 Å². The molecule has 0 saturated heterocycles. The molecule has 0 aliphatic heterocycles. The van der Waals surface area contributed by atoms with Gasteiger partial charge in [0.05, 0.1) is 5.41 Å². The molecule has 0 heterocycles. The van der Waals surface area contributed by atoms with Crippen LogP contribution < -0.4 is 9.47 Å². The third kappa shape index (κ3) is 6.29. The lowest BCUT2D eigenvalue weighted by Gasteiger charge is -2.48. The first-order chi connectivity index (χ1) is 16.2. The zero-order valence-electron chi connectivity index (χ0n) is 23.5. The Hall–Kier alpha value is -2.29. The number of hydrogen-bond acceptors (Lipinski definition) is 3. The van der Waals surface area contributed by atoms with Gasteiger partial charge >= 0.3 is 5.97 Å². The second-order valence-corrected chi connectivity index (χ2v) is 12.8. The number of rotatable bonds is 8. The number of ether oxygens (including phenoxy) is 2. The molecule has 0 amide bonds. The van der Waals surface area contributed by atoms with Crippen LogP contribution in [-0.4, -0.2) is 11.6 Å². The molecule has 1 aliphatic carbocycles. The summed E-state index contributed by atoms with van der Waals surface area (Å²) in [6.45, 7) is 19.4. The van der Waals surface area contributed by atoms with Crippen LogP contribution in [-0.2, 0) is 10.2 Å². The zero-order chi connectivity index (χ0) is 26.1. The molecule has 2 atom stereocenters. The summed E-state index contributed by atoms with van der Waals surface area (Å²) in [5.41, 5.74) is 2.09. The van der Waals surface area contributed by atoms with Crippen LogP contribution in [0.3, 0.4) is 0 Å². The highest BCUT2D eigenvalue weighted by Crippen LogP contribution is 2.53. The van der Waals surface area contributed by atoms with Crippen LogP contribution in [0.2, 0.25) is 0 Å². The topological polar surface area (TPSA) is 35.5 Å². The molecular formula is C32H46O3. The minimum Gasteiger partial charge on any atom is -0.488 e. The predicted molar refractivity (Wildman–Crippen MR) is 145 cm³/mol. The molecule has 2 unspecified atom stereocenters. The van der Waals surface area contributed by atoms with Crippen LogP contribution in [0.25, 0.3) is 0 Å². The van der Waals surface area contributed by atoms with Crippen molar-refractivity contribution in [3.8, 4) is 11.5 Å². The zero-order valence-corrected chi connectivity index (χ0v) is 23.5. The fraction of sp³-hybridized carbons (Fsp3) is 0.594. The van der Waals surface area contributed by atoms with E-state index in [1.807, 2.05) is 32.9 Å². The van der Waals surface area contributed by atoms with Gasteiger partial charge in [-0.1, -0.05) is 58.9 Å². The maximum atomic E-state index is 12.6. The lowest BCUT2D eigenvalue weighted by Crippen LogP contribution is -2.41. The number of esters is 1. The minimum absolute atomic E-state index is 0.0921. The van der Waals surface area contributed by atoms with Crippen molar-refractivity contribution < 1.29 is 14.3 Å². The van der Waals surface area contributed by atoms with Crippen LogP contribution in [0, 0.1) is 16.7 Å². The van der Waals surface area contributed by atoms with Crippen LogP contribution in [0.1, 0.15) is 106 Å². The molecule has 1 saturated carbocycles. The summed E-state index contributed by atoms with van der Waals surface area (Å²) in [6.07, 6.45) is 5.10. The molecule has 0 bridgehead atoms. The van der Waals surface area contributed by atoms with Gasteiger partial charge in [0.2, 0.25) is 0 Å². The van der Waals surface area contributed by atoms with Gasteiger partial charge in [-0.25, -0.2) is 0 Å². The van der Waals surface area contributed by atoms with E-state index in [0.29, 0.717) is 11.7 Å². The molecular weight excluding hydrogens is 432 g/mol. The van der Waals surface area contributed by atoms with Crippen molar-refractivity contribution in [2.24, 2.45) is 16.7 Å². The highest BCUT2D eigenvalue weighted by molar-refractivity contribution is 5.78. The van der Waals surface area contributed by atoms with E-state index < -0.39 is 5.41 Å². The standard InChI is InChI=1S/C32H46O3/c1-10-30(6,7)28(33)34-26-16-12-24(13-17-26)32(21-23(3)20-29(4,5)22-32)25-14-18-27(19-15-25)35-31(8,9)11-2/h12-19,23H,10-11,20-22H2,1-9H3. The van der Waals surface area contributed by atoms with E-state index in [0.717, 1.165) is 31.4 Å². The molecule has 0 aromatic heterocycles. The first kappa shape index (κ1) is 27.3. The Morgan fingerprint density at radius 1 is 0.857 bits per heavy atom. The van der Waals surface area contributed by atoms with E-state index in [1.165, 1.54) is 17.5 Å². The molecule has 1 fully saturated rings. The van der Waals surface area contributed by atoms with Crippen molar-refractivity contribution in [3.63, 3.8) is 0 Å². The van der Waals surface area contributed by atoms with E-state index in [9.17, 15) is 4.79 Å². The van der Waals surface area contributed by atoms with Crippen molar-refractivity contribution in [2.75, 3.05) is 0 Å². The molecule has 192 valence electrons. The summed E-state index contributed by atoms with van der Waals surface area (Å²) in [6, 6.07) is 17.0. The summed E-state index contributed by atoms with van der Waals surface area (Å²) < 4.78 is 12.0. The minimum atomic E-state index is -0.487. The second-order valence-electron chi connectivity index (χ2n) is 12.8. The van der Waals surface area contributed by atoms with Crippen molar-refractivity contribution >= 4 is 5.97 Å². The smallest absolute Gasteiger partial charge is 0.316 e.